The summed E-state index contributed by atoms with van der Waals surface area (Å²) in [6, 6.07) is 0. The van der Waals surface area contributed by atoms with Crippen LogP contribution in [0.5, 0.6) is 0 Å². The number of rotatable bonds is 3. The van der Waals surface area contributed by atoms with Crippen molar-refractivity contribution in [2.75, 3.05) is 12.3 Å². The smallest absolute Gasteiger partial charge is 0.297 e. The van der Waals surface area contributed by atoms with E-state index in [-0.39, 0.29) is 12.5 Å². The average molecular weight is 245 g/mol. The van der Waals surface area contributed by atoms with E-state index in [0.29, 0.717) is 27.8 Å². The summed E-state index contributed by atoms with van der Waals surface area (Å²) < 4.78 is 8.82. The third kappa shape index (κ3) is 3.63. The van der Waals surface area contributed by atoms with E-state index < -0.39 is 5.91 Å². The van der Waals surface area contributed by atoms with Gasteiger partial charge in [-0.1, -0.05) is 0 Å². The van der Waals surface area contributed by atoms with Gasteiger partial charge in [0.25, 0.3) is 11.8 Å². The molecule has 0 aliphatic carbocycles. The van der Waals surface area contributed by atoms with Gasteiger partial charge in [0.2, 0.25) is 0 Å². The quantitative estimate of drug-likeness (QED) is 0.325. The average Bonchev–Trinajstić information content (AvgIpc) is 2.63. The van der Waals surface area contributed by atoms with Gasteiger partial charge in [-0.3, -0.25) is 10.2 Å². The fourth-order valence-electron chi connectivity index (χ4n) is 0.792. The summed E-state index contributed by atoms with van der Waals surface area (Å²) in [7, 11) is 0.499. The molecule has 0 aromatic carbocycles. The Morgan fingerprint density at radius 2 is 2.47 bits per heavy atom. The molecular formula is C6H11N5O2SSi. The lowest BCUT2D eigenvalue weighted by molar-refractivity contribution is -0.114. The van der Waals surface area contributed by atoms with Gasteiger partial charge >= 0.3 is 0 Å². The lowest BCUT2D eigenvalue weighted by Crippen LogP contribution is -2.30. The summed E-state index contributed by atoms with van der Waals surface area (Å²) in [6.45, 7) is 0.198. The van der Waals surface area contributed by atoms with Gasteiger partial charge in [-0.2, -0.15) is 4.37 Å². The minimum Gasteiger partial charge on any atom is -0.474 e. The van der Waals surface area contributed by atoms with Crippen LogP contribution < -0.4 is 10.7 Å². The standard InChI is InChI=1S/C6H11N5O2SSi/c7-4(5(12)11-15)13-2-1-3-9-6(8)14-10-3/h7H,1-2H2,15H3,(H,11,12)(H2,8,9,10). The second-order valence-corrected chi connectivity index (χ2v) is 3.84. The normalized spacial score (nSPS) is 9.87. The van der Waals surface area contributed by atoms with Crippen LogP contribution in [0, 0.1) is 5.41 Å². The molecule has 0 radical (unpaired) electrons. The SMILES string of the molecule is N=C(OCCc1nsc(N)n1)C(=O)N[SiH3]. The number of nitrogen functional groups attached to an aromatic ring is 1. The number of anilines is 1. The third-order valence-electron chi connectivity index (χ3n) is 1.49. The zero-order valence-corrected chi connectivity index (χ0v) is 10.9. The highest BCUT2D eigenvalue weighted by Crippen LogP contribution is 2.05. The highest BCUT2D eigenvalue weighted by atomic mass is 32.1. The highest BCUT2D eigenvalue weighted by molar-refractivity contribution is 7.09. The summed E-state index contributed by atoms with van der Waals surface area (Å²) in [5, 5.41) is 7.59. The van der Waals surface area contributed by atoms with Crippen LogP contribution in [0.25, 0.3) is 0 Å². The number of hydrogen-bond donors (Lipinski definition) is 3. The van der Waals surface area contributed by atoms with Gasteiger partial charge in [0.05, 0.1) is 6.61 Å². The van der Waals surface area contributed by atoms with Gasteiger partial charge in [0, 0.05) is 18.0 Å². The molecule has 0 unspecified atom stereocenters. The number of ether oxygens (including phenoxy) is 1. The van der Waals surface area contributed by atoms with Gasteiger partial charge in [-0.15, -0.1) is 0 Å². The molecule has 9 heteroatoms. The van der Waals surface area contributed by atoms with Gasteiger partial charge in [0.15, 0.2) is 5.13 Å². The van der Waals surface area contributed by atoms with E-state index in [2.05, 4.69) is 14.3 Å². The zero-order chi connectivity index (χ0) is 11.3. The molecule has 0 spiro atoms. The molecule has 0 aliphatic rings. The van der Waals surface area contributed by atoms with Crippen LogP contribution in [0.3, 0.4) is 0 Å². The Kier molecular flexibility index (Phi) is 4.18. The van der Waals surface area contributed by atoms with Crippen molar-refractivity contribution >= 4 is 38.9 Å². The van der Waals surface area contributed by atoms with Gasteiger partial charge in [0.1, 0.15) is 16.2 Å². The predicted molar refractivity (Wildman–Crippen MR) is 59.8 cm³/mol. The summed E-state index contributed by atoms with van der Waals surface area (Å²) in [6.07, 6.45) is 0.435. The van der Waals surface area contributed by atoms with Crippen molar-refractivity contribution in [2.45, 2.75) is 6.42 Å². The van der Waals surface area contributed by atoms with E-state index in [9.17, 15) is 4.79 Å². The van der Waals surface area contributed by atoms with E-state index in [4.69, 9.17) is 15.9 Å². The highest BCUT2D eigenvalue weighted by Gasteiger charge is 2.08. The molecule has 15 heavy (non-hydrogen) atoms. The molecule has 82 valence electrons. The number of carbonyl (C=O) groups excluding carboxylic acids is 1. The van der Waals surface area contributed by atoms with Gasteiger partial charge in [-0.25, -0.2) is 4.98 Å². The summed E-state index contributed by atoms with van der Waals surface area (Å²) in [5.41, 5.74) is 5.38. The first-order chi connectivity index (χ1) is 7.13. The van der Waals surface area contributed by atoms with Crippen LogP contribution in [-0.2, 0) is 16.0 Å². The Labute approximate surface area is 93.2 Å². The van der Waals surface area contributed by atoms with Crippen LogP contribution in [-0.4, -0.2) is 38.2 Å². The number of carbonyl (C=O) groups is 1. The Morgan fingerprint density at radius 3 is 3.00 bits per heavy atom. The molecule has 0 fully saturated rings. The monoisotopic (exact) mass is 245 g/mol. The molecule has 1 amide bonds. The van der Waals surface area contributed by atoms with Crippen molar-refractivity contribution in [3.63, 3.8) is 0 Å². The molecule has 4 N–H and O–H groups in total. The lowest BCUT2D eigenvalue weighted by Gasteiger charge is -2.03. The molecule has 0 saturated heterocycles. The lowest BCUT2D eigenvalue weighted by atomic mass is 10.4. The van der Waals surface area contributed by atoms with Crippen LogP contribution in [0.4, 0.5) is 5.13 Å². The van der Waals surface area contributed by atoms with Crippen LogP contribution in [0.2, 0.25) is 0 Å². The minimum atomic E-state index is -0.493. The maximum Gasteiger partial charge on any atom is 0.297 e. The predicted octanol–water partition coefficient (Wildman–Crippen LogP) is -1.95. The summed E-state index contributed by atoms with van der Waals surface area (Å²) in [5.74, 6) is -0.308. The van der Waals surface area contributed by atoms with Crippen molar-refractivity contribution in [3.8, 4) is 0 Å². The molecule has 1 aromatic heterocycles. The summed E-state index contributed by atoms with van der Waals surface area (Å²) in [4.78, 5) is 17.2. The molecule has 7 nitrogen and oxygen atoms in total. The number of amides is 1. The van der Waals surface area contributed by atoms with Crippen molar-refractivity contribution in [1.82, 2.24) is 14.3 Å². The third-order valence-corrected chi connectivity index (χ3v) is 2.52. The minimum absolute atomic E-state index is 0.198. The van der Waals surface area contributed by atoms with E-state index in [1.807, 2.05) is 0 Å². The Bertz CT molecular complexity index is 368. The number of nitrogens with one attached hydrogen (secondary N) is 2. The fraction of sp³-hybridized carbons (Fsp3) is 0.333. The zero-order valence-electron chi connectivity index (χ0n) is 8.11. The first kappa shape index (κ1) is 11.6. The molecule has 0 aliphatic heterocycles. The molecule has 0 atom stereocenters. The largest absolute Gasteiger partial charge is 0.474 e. The molecular weight excluding hydrogens is 234 g/mol. The van der Waals surface area contributed by atoms with E-state index in [1.165, 1.54) is 0 Å². The number of aromatic nitrogens is 2. The maximum atomic E-state index is 10.9. The van der Waals surface area contributed by atoms with Crippen LogP contribution in [0.15, 0.2) is 0 Å². The van der Waals surface area contributed by atoms with Crippen molar-refractivity contribution in [1.29, 1.82) is 5.41 Å². The Hall–Kier alpha value is -1.48. The van der Waals surface area contributed by atoms with E-state index in [0.717, 1.165) is 11.5 Å². The Balaban J connectivity index is 2.27. The molecule has 1 aromatic rings. The molecule has 1 heterocycles. The summed E-state index contributed by atoms with van der Waals surface area (Å²) >= 11 is 1.11. The van der Waals surface area contributed by atoms with Crippen molar-refractivity contribution in [2.24, 2.45) is 0 Å². The van der Waals surface area contributed by atoms with Crippen LogP contribution in [0.1, 0.15) is 5.82 Å². The number of nitrogens with zero attached hydrogens (tertiary/aromatic N) is 2. The topological polar surface area (TPSA) is 114 Å². The van der Waals surface area contributed by atoms with Crippen molar-refractivity contribution in [3.05, 3.63) is 5.82 Å². The van der Waals surface area contributed by atoms with Crippen molar-refractivity contribution < 1.29 is 9.53 Å². The van der Waals surface area contributed by atoms with E-state index in [1.54, 1.807) is 0 Å². The number of hydrogen-bond acceptors (Lipinski definition) is 7. The van der Waals surface area contributed by atoms with E-state index >= 15 is 0 Å². The first-order valence-electron chi connectivity index (χ1n) is 4.15. The molecule has 0 bridgehead atoms. The van der Waals surface area contributed by atoms with Gasteiger partial charge in [-0.05, 0) is 0 Å². The Morgan fingerprint density at radius 1 is 1.73 bits per heavy atom. The van der Waals surface area contributed by atoms with Crippen LogP contribution >= 0.6 is 11.5 Å². The van der Waals surface area contributed by atoms with Gasteiger partial charge < -0.3 is 15.5 Å². The number of nitrogens with two attached hydrogens (primary N) is 1. The second-order valence-electron chi connectivity index (χ2n) is 2.56. The molecule has 1 rings (SSSR count). The molecule has 0 saturated carbocycles. The first-order valence-corrected chi connectivity index (χ1v) is 5.92. The second kappa shape index (κ2) is 5.41. The maximum absolute atomic E-state index is 10.9. The fourth-order valence-corrected chi connectivity index (χ4v) is 1.50.